The first-order valence-corrected chi connectivity index (χ1v) is 10.2. The zero-order valence-electron chi connectivity index (χ0n) is 16.9. The number of nitriles is 1. The number of ether oxygens (including phenoxy) is 2. The van der Waals surface area contributed by atoms with E-state index >= 15 is 0 Å². The second kappa shape index (κ2) is 10.5. The molecule has 0 N–H and O–H groups in total. The highest BCUT2D eigenvalue weighted by Crippen LogP contribution is 2.33. The van der Waals surface area contributed by atoms with E-state index in [1.54, 1.807) is 0 Å². The fourth-order valence-electron chi connectivity index (χ4n) is 3.68. The standard InChI is InChI=1S/C25H27NO3/c1-28-25(27)8-4-5-19-11-15-23(16-12-19)29-18-22-6-2-3-7-24(22)21-13-9-20(17-26)10-14-21/h9-16H,2-8,18H2,1H3. The Labute approximate surface area is 172 Å². The van der Waals surface area contributed by atoms with Gasteiger partial charge >= 0.3 is 5.97 Å². The van der Waals surface area contributed by atoms with Crippen LogP contribution in [-0.4, -0.2) is 19.7 Å². The van der Waals surface area contributed by atoms with Gasteiger partial charge in [-0.3, -0.25) is 4.79 Å². The maximum atomic E-state index is 11.2. The SMILES string of the molecule is COC(=O)CCCc1ccc(OCC2=C(c3ccc(C#N)cc3)CCCC2)cc1. The van der Waals surface area contributed by atoms with Gasteiger partial charge in [-0.15, -0.1) is 0 Å². The lowest BCUT2D eigenvalue weighted by Crippen LogP contribution is -2.08. The number of esters is 1. The first-order chi connectivity index (χ1) is 14.2. The van der Waals surface area contributed by atoms with Crippen LogP contribution >= 0.6 is 0 Å². The van der Waals surface area contributed by atoms with E-state index in [1.807, 2.05) is 36.4 Å². The molecule has 1 aliphatic carbocycles. The van der Waals surface area contributed by atoms with Crippen molar-refractivity contribution < 1.29 is 14.3 Å². The molecule has 29 heavy (non-hydrogen) atoms. The third-order valence-electron chi connectivity index (χ3n) is 5.36. The van der Waals surface area contributed by atoms with E-state index in [9.17, 15) is 4.79 Å². The number of allylic oxidation sites excluding steroid dienone is 1. The average Bonchev–Trinajstić information content (AvgIpc) is 2.78. The molecular weight excluding hydrogens is 362 g/mol. The minimum atomic E-state index is -0.163. The lowest BCUT2D eigenvalue weighted by molar-refractivity contribution is -0.140. The van der Waals surface area contributed by atoms with E-state index in [4.69, 9.17) is 10.00 Å². The van der Waals surface area contributed by atoms with Crippen molar-refractivity contribution >= 4 is 11.5 Å². The lowest BCUT2D eigenvalue weighted by atomic mass is 9.87. The summed E-state index contributed by atoms with van der Waals surface area (Å²) in [7, 11) is 1.42. The Balaban J connectivity index is 1.60. The summed E-state index contributed by atoms with van der Waals surface area (Å²) < 4.78 is 10.7. The second-order valence-corrected chi connectivity index (χ2v) is 7.34. The molecule has 0 aromatic heterocycles. The first kappa shape index (κ1) is 20.7. The van der Waals surface area contributed by atoms with Crippen molar-refractivity contribution in [2.75, 3.05) is 13.7 Å². The van der Waals surface area contributed by atoms with E-state index in [0.29, 0.717) is 18.6 Å². The molecule has 4 nitrogen and oxygen atoms in total. The lowest BCUT2D eigenvalue weighted by Gasteiger charge is -2.21. The zero-order chi connectivity index (χ0) is 20.5. The van der Waals surface area contributed by atoms with Crippen molar-refractivity contribution in [2.24, 2.45) is 0 Å². The topological polar surface area (TPSA) is 59.3 Å². The molecule has 0 saturated heterocycles. The summed E-state index contributed by atoms with van der Waals surface area (Å²) in [5, 5.41) is 9.00. The Kier molecular flexibility index (Phi) is 7.47. The molecular formula is C25H27NO3. The molecule has 0 unspecified atom stereocenters. The molecule has 2 aromatic rings. The van der Waals surface area contributed by atoms with Crippen LogP contribution in [0.25, 0.3) is 5.57 Å². The van der Waals surface area contributed by atoms with Gasteiger partial charge in [-0.05, 0) is 85.1 Å². The summed E-state index contributed by atoms with van der Waals surface area (Å²) in [6.45, 7) is 0.594. The van der Waals surface area contributed by atoms with E-state index in [-0.39, 0.29) is 5.97 Å². The van der Waals surface area contributed by atoms with E-state index in [2.05, 4.69) is 22.9 Å². The van der Waals surface area contributed by atoms with E-state index < -0.39 is 0 Å². The summed E-state index contributed by atoms with van der Waals surface area (Å²) in [5.74, 6) is 0.697. The molecule has 0 aliphatic heterocycles. The third-order valence-corrected chi connectivity index (χ3v) is 5.36. The van der Waals surface area contributed by atoms with Gasteiger partial charge in [0.1, 0.15) is 12.4 Å². The summed E-state index contributed by atoms with van der Waals surface area (Å²) >= 11 is 0. The number of hydrogen-bond acceptors (Lipinski definition) is 4. The summed E-state index contributed by atoms with van der Waals surface area (Å²) in [5.41, 5.74) is 5.79. The van der Waals surface area contributed by atoms with Crippen molar-refractivity contribution in [1.29, 1.82) is 5.26 Å². The van der Waals surface area contributed by atoms with Crippen LogP contribution in [0.1, 0.15) is 55.2 Å². The van der Waals surface area contributed by atoms with Gasteiger partial charge in [0.25, 0.3) is 0 Å². The number of carbonyl (C=O) groups is 1. The Morgan fingerprint density at radius 2 is 1.76 bits per heavy atom. The Morgan fingerprint density at radius 1 is 1.03 bits per heavy atom. The third kappa shape index (κ3) is 5.96. The minimum absolute atomic E-state index is 0.163. The first-order valence-electron chi connectivity index (χ1n) is 10.2. The molecule has 0 saturated carbocycles. The molecule has 0 spiro atoms. The van der Waals surface area contributed by atoms with Crippen molar-refractivity contribution in [3.05, 3.63) is 70.8 Å². The van der Waals surface area contributed by atoms with Gasteiger partial charge in [0.15, 0.2) is 0 Å². The Bertz CT molecular complexity index is 889. The van der Waals surface area contributed by atoms with Crippen LogP contribution in [0.5, 0.6) is 5.75 Å². The van der Waals surface area contributed by atoms with Gasteiger partial charge in [0.2, 0.25) is 0 Å². The zero-order valence-corrected chi connectivity index (χ0v) is 16.9. The van der Waals surface area contributed by atoms with E-state index in [0.717, 1.165) is 31.4 Å². The number of aryl methyl sites for hydroxylation is 1. The fourth-order valence-corrected chi connectivity index (χ4v) is 3.68. The summed E-state index contributed by atoms with van der Waals surface area (Å²) in [6, 6.07) is 18.1. The van der Waals surface area contributed by atoms with Crippen LogP contribution in [0.4, 0.5) is 0 Å². The van der Waals surface area contributed by atoms with Gasteiger partial charge < -0.3 is 9.47 Å². The van der Waals surface area contributed by atoms with Gasteiger partial charge in [-0.1, -0.05) is 24.3 Å². The molecule has 0 amide bonds. The number of methoxy groups -OCH3 is 1. The predicted octanol–water partition coefficient (Wildman–Crippen LogP) is 5.46. The van der Waals surface area contributed by atoms with Crippen LogP contribution < -0.4 is 4.74 Å². The molecule has 2 aromatic carbocycles. The molecule has 0 radical (unpaired) electrons. The van der Waals surface area contributed by atoms with Crippen molar-refractivity contribution in [1.82, 2.24) is 0 Å². The van der Waals surface area contributed by atoms with Crippen LogP contribution in [0.15, 0.2) is 54.1 Å². The minimum Gasteiger partial charge on any atom is -0.489 e. The molecule has 0 fully saturated rings. The molecule has 150 valence electrons. The van der Waals surface area contributed by atoms with Crippen LogP contribution in [0.3, 0.4) is 0 Å². The normalized spacial score (nSPS) is 13.7. The van der Waals surface area contributed by atoms with Crippen molar-refractivity contribution in [2.45, 2.75) is 44.9 Å². The number of carbonyl (C=O) groups excluding carboxylic acids is 1. The molecule has 4 heteroatoms. The van der Waals surface area contributed by atoms with Gasteiger partial charge in [0, 0.05) is 6.42 Å². The summed E-state index contributed by atoms with van der Waals surface area (Å²) in [6.07, 6.45) is 6.58. The highest BCUT2D eigenvalue weighted by molar-refractivity contribution is 5.70. The number of rotatable bonds is 8. The second-order valence-electron chi connectivity index (χ2n) is 7.34. The average molecular weight is 389 g/mol. The molecule has 1 aliphatic rings. The Hall–Kier alpha value is -3.06. The molecule has 0 bridgehead atoms. The smallest absolute Gasteiger partial charge is 0.305 e. The Morgan fingerprint density at radius 3 is 2.45 bits per heavy atom. The quantitative estimate of drug-likeness (QED) is 0.563. The van der Waals surface area contributed by atoms with Gasteiger partial charge in [-0.2, -0.15) is 5.26 Å². The molecule has 3 rings (SSSR count). The monoisotopic (exact) mass is 389 g/mol. The van der Waals surface area contributed by atoms with Crippen molar-refractivity contribution in [3.8, 4) is 11.8 Å². The largest absolute Gasteiger partial charge is 0.489 e. The van der Waals surface area contributed by atoms with E-state index in [1.165, 1.54) is 42.2 Å². The van der Waals surface area contributed by atoms with Crippen molar-refractivity contribution in [3.63, 3.8) is 0 Å². The maximum Gasteiger partial charge on any atom is 0.305 e. The molecule has 0 atom stereocenters. The fraction of sp³-hybridized carbons (Fsp3) is 0.360. The number of nitrogens with zero attached hydrogens (tertiary/aromatic N) is 1. The van der Waals surface area contributed by atoms with Gasteiger partial charge in [-0.25, -0.2) is 0 Å². The number of hydrogen-bond donors (Lipinski definition) is 0. The number of benzene rings is 2. The highest BCUT2D eigenvalue weighted by Gasteiger charge is 2.15. The maximum absolute atomic E-state index is 11.2. The summed E-state index contributed by atoms with van der Waals surface area (Å²) in [4.78, 5) is 11.2. The molecule has 0 heterocycles. The van der Waals surface area contributed by atoms with Gasteiger partial charge in [0.05, 0.1) is 18.7 Å². The van der Waals surface area contributed by atoms with Crippen LogP contribution in [0.2, 0.25) is 0 Å². The van der Waals surface area contributed by atoms with Crippen LogP contribution in [-0.2, 0) is 16.0 Å². The highest BCUT2D eigenvalue weighted by atomic mass is 16.5. The van der Waals surface area contributed by atoms with Crippen LogP contribution in [0, 0.1) is 11.3 Å². The predicted molar refractivity (Wildman–Crippen MR) is 113 cm³/mol.